The molecule has 1 saturated carbocycles. The number of alkyl halides is 2. The minimum atomic E-state index is -0.928. The molecule has 0 bridgehead atoms. The first-order valence-corrected chi connectivity index (χ1v) is 7.41. The third-order valence-corrected chi connectivity index (χ3v) is 5.23. The van der Waals surface area contributed by atoms with Gasteiger partial charge in [-0.15, -0.1) is 23.2 Å². The first-order chi connectivity index (χ1) is 8.82. The number of hydrogen-bond acceptors (Lipinski definition) is 3. The molecule has 108 valence electrons. The summed E-state index contributed by atoms with van der Waals surface area (Å²) in [5.41, 5.74) is -0.660. The summed E-state index contributed by atoms with van der Waals surface area (Å²) < 4.78 is 4.08. The predicted molar refractivity (Wildman–Crippen MR) is 73.1 cm³/mol. The van der Waals surface area contributed by atoms with Gasteiger partial charge < -0.3 is 9.64 Å². The van der Waals surface area contributed by atoms with Crippen LogP contribution in [0.25, 0.3) is 0 Å². The Morgan fingerprint density at radius 3 is 2.26 bits per heavy atom. The van der Waals surface area contributed by atoms with Gasteiger partial charge in [-0.1, -0.05) is 0 Å². The Hall–Kier alpha value is -0.480. The second kappa shape index (κ2) is 5.13. The standard InChI is InChI=1S/C13H19Cl2NO3/c1-3-19-10(17)9-4-6-16(7-5-9)11(18)12(2)8-13(12,14)15/h9H,3-8H2,1-2H3. The fraction of sp³-hybridized carbons (Fsp3) is 0.846. The van der Waals surface area contributed by atoms with Gasteiger partial charge in [0, 0.05) is 13.1 Å². The summed E-state index contributed by atoms with van der Waals surface area (Å²) in [5.74, 6) is -0.246. The van der Waals surface area contributed by atoms with Crippen LogP contribution >= 0.6 is 23.2 Å². The molecule has 6 heteroatoms. The molecule has 0 N–H and O–H groups in total. The number of carbonyl (C=O) groups is 2. The number of nitrogens with zero attached hydrogens (tertiary/aromatic N) is 1. The normalized spacial score (nSPS) is 30.0. The molecule has 2 fully saturated rings. The minimum Gasteiger partial charge on any atom is -0.466 e. The summed E-state index contributed by atoms with van der Waals surface area (Å²) in [6, 6.07) is 0. The molecule has 1 aliphatic carbocycles. The molecule has 0 aromatic heterocycles. The Morgan fingerprint density at radius 2 is 1.84 bits per heavy atom. The van der Waals surface area contributed by atoms with Crippen LogP contribution in [-0.4, -0.2) is 40.8 Å². The van der Waals surface area contributed by atoms with Gasteiger partial charge in [0.2, 0.25) is 5.91 Å². The molecule has 4 nitrogen and oxygen atoms in total. The summed E-state index contributed by atoms with van der Waals surface area (Å²) in [7, 11) is 0. The third-order valence-electron chi connectivity index (χ3n) is 4.13. The van der Waals surface area contributed by atoms with E-state index >= 15 is 0 Å². The molecule has 1 aliphatic heterocycles. The molecule has 1 heterocycles. The first kappa shape index (κ1) is 14.9. The van der Waals surface area contributed by atoms with Crippen LogP contribution in [0.15, 0.2) is 0 Å². The molecule has 0 spiro atoms. The highest BCUT2D eigenvalue weighted by Gasteiger charge is 2.68. The summed E-state index contributed by atoms with van der Waals surface area (Å²) in [5, 5.41) is 0. The zero-order valence-electron chi connectivity index (χ0n) is 11.2. The van der Waals surface area contributed by atoms with Crippen molar-refractivity contribution >= 4 is 35.1 Å². The van der Waals surface area contributed by atoms with E-state index in [9.17, 15) is 9.59 Å². The van der Waals surface area contributed by atoms with E-state index in [4.69, 9.17) is 27.9 Å². The summed E-state index contributed by atoms with van der Waals surface area (Å²) in [6.45, 7) is 5.14. The second-order valence-corrected chi connectivity index (χ2v) is 7.02. The highest BCUT2D eigenvalue weighted by Crippen LogP contribution is 2.64. The van der Waals surface area contributed by atoms with Crippen molar-refractivity contribution in [2.45, 2.75) is 37.4 Å². The smallest absolute Gasteiger partial charge is 0.309 e. The average Bonchev–Trinajstić information content (AvgIpc) is 2.89. The molecule has 0 aromatic rings. The molecule has 2 rings (SSSR count). The Kier molecular flexibility index (Phi) is 4.03. The summed E-state index contributed by atoms with van der Waals surface area (Å²) in [6.07, 6.45) is 1.80. The van der Waals surface area contributed by atoms with Gasteiger partial charge >= 0.3 is 5.97 Å². The van der Waals surface area contributed by atoms with Crippen LogP contribution < -0.4 is 0 Å². The number of hydrogen-bond donors (Lipinski definition) is 0. The van der Waals surface area contributed by atoms with Crippen molar-refractivity contribution in [3.05, 3.63) is 0 Å². The summed E-state index contributed by atoms with van der Waals surface area (Å²) >= 11 is 12.1. The molecular weight excluding hydrogens is 289 g/mol. The van der Waals surface area contributed by atoms with Gasteiger partial charge in [0.15, 0.2) is 0 Å². The maximum Gasteiger partial charge on any atom is 0.309 e. The monoisotopic (exact) mass is 307 g/mol. The van der Waals surface area contributed by atoms with Crippen LogP contribution in [0.1, 0.15) is 33.1 Å². The molecule has 1 unspecified atom stereocenters. The number of rotatable bonds is 3. The number of amides is 1. The number of ether oxygens (including phenoxy) is 1. The minimum absolute atomic E-state index is 0.000177. The van der Waals surface area contributed by atoms with Crippen molar-refractivity contribution in [1.29, 1.82) is 0 Å². The Labute approximate surface area is 123 Å². The zero-order valence-corrected chi connectivity index (χ0v) is 12.8. The van der Waals surface area contributed by atoms with E-state index in [2.05, 4.69) is 0 Å². The van der Waals surface area contributed by atoms with Crippen LogP contribution in [0, 0.1) is 11.3 Å². The van der Waals surface area contributed by atoms with E-state index in [0.29, 0.717) is 39.0 Å². The molecule has 1 atom stereocenters. The lowest BCUT2D eigenvalue weighted by atomic mass is 9.95. The van der Waals surface area contributed by atoms with Gasteiger partial charge in [-0.05, 0) is 33.1 Å². The van der Waals surface area contributed by atoms with E-state index in [1.54, 1.807) is 18.7 Å². The predicted octanol–water partition coefficient (Wildman–Crippen LogP) is 2.37. The third kappa shape index (κ3) is 2.70. The van der Waals surface area contributed by atoms with Crippen molar-refractivity contribution in [3.8, 4) is 0 Å². The van der Waals surface area contributed by atoms with Crippen molar-refractivity contribution in [2.75, 3.05) is 19.7 Å². The average molecular weight is 308 g/mol. The highest BCUT2D eigenvalue weighted by molar-refractivity contribution is 6.53. The van der Waals surface area contributed by atoms with Crippen molar-refractivity contribution in [2.24, 2.45) is 11.3 Å². The molecular formula is C13H19Cl2NO3. The fourth-order valence-corrected chi connectivity index (χ4v) is 3.26. The first-order valence-electron chi connectivity index (χ1n) is 6.65. The van der Waals surface area contributed by atoms with Crippen molar-refractivity contribution in [3.63, 3.8) is 0 Å². The number of esters is 1. The van der Waals surface area contributed by atoms with Crippen LogP contribution in [0.2, 0.25) is 0 Å². The molecule has 1 amide bonds. The quantitative estimate of drug-likeness (QED) is 0.594. The Bertz CT molecular complexity index is 391. The van der Waals surface area contributed by atoms with Crippen molar-refractivity contribution in [1.82, 2.24) is 4.90 Å². The van der Waals surface area contributed by atoms with Crippen molar-refractivity contribution < 1.29 is 14.3 Å². The molecule has 19 heavy (non-hydrogen) atoms. The zero-order chi connectivity index (χ0) is 14.3. The van der Waals surface area contributed by atoms with Gasteiger partial charge in [-0.3, -0.25) is 9.59 Å². The van der Waals surface area contributed by atoms with Crippen LogP contribution in [0.5, 0.6) is 0 Å². The topological polar surface area (TPSA) is 46.6 Å². The Balaban J connectivity index is 1.87. The van der Waals surface area contributed by atoms with Gasteiger partial charge in [0.05, 0.1) is 17.9 Å². The van der Waals surface area contributed by atoms with Gasteiger partial charge in [-0.2, -0.15) is 0 Å². The van der Waals surface area contributed by atoms with Gasteiger partial charge in [0.1, 0.15) is 4.33 Å². The molecule has 2 aliphatic rings. The van der Waals surface area contributed by atoms with Crippen LogP contribution in [0.3, 0.4) is 0 Å². The maximum absolute atomic E-state index is 12.3. The Morgan fingerprint density at radius 1 is 1.32 bits per heavy atom. The number of carbonyl (C=O) groups excluding carboxylic acids is 2. The van der Waals surface area contributed by atoms with E-state index in [0.717, 1.165) is 0 Å². The number of piperidine rings is 1. The van der Waals surface area contributed by atoms with E-state index in [-0.39, 0.29) is 17.8 Å². The SMILES string of the molecule is CCOC(=O)C1CCN(C(=O)C2(C)CC2(Cl)Cl)CC1. The lowest BCUT2D eigenvalue weighted by molar-refractivity contribution is -0.152. The number of likely N-dealkylation sites (tertiary alicyclic amines) is 1. The summed E-state index contributed by atoms with van der Waals surface area (Å²) in [4.78, 5) is 25.7. The van der Waals surface area contributed by atoms with Gasteiger partial charge in [-0.25, -0.2) is 0 Å². The van der Waals surface area contributed by atoms with Crippen LogP contribution in [0.4, 0.5) is 0 Å². The molecule has 0 aromatic carbocycles. The van der Waals surface area contributed by atoms with E-state index < -0.39 is 9.75 Å². The van der Waals surface area contributed by atoms with Crippen LogP contribution in [-0.2, 0) is 14.3 Å². The highest BCUT2D eigenvalue weighted by atomic mass is 35.5. The van der Waals surface area contributed by atoms with E-state index in [1.165, 1.54) is 0 Å². The lowest BCUT2D eigenvalue weighted by Crippen LogP contribution is -2.44. The molecule has 1 saturated heterocycles. The fourth-order valence-electron chi connectivity index (χ4n) is 2.56. The van der Waals surface area contributed by atoms with Gasteiger partial charge in [0.25, 0.3) is 0 Å². The maximum atomic E-state index is 12.3. The second-order valence-electron chi connectivity index (χ2n) is 5.53. The molecule has 0 radical (unpaired) electrons. The van der Waals surface area contributed by atoms with E-state index in [1.807, 2.05) is 0 Å². The lowest BCUT2D eigenvalue weighted by Gasteiger charge is -2.33. The largest absolute Gasteiger partial charge is 0.466 e. The number of halogens is 2.